The second-order valence-corrected chi connectivity index (χ2v) is 2.81. The molecule has 0 amide bonds. The molecule has 0 radical (unpaired) electrons. The first-order valence-electron chi connectivity index (χ1n) is 3.30. The van der Waals surface area contributed by atoms with Gasteiger partial charge in [0.2, 0.25) is 0 Å². The molecule has 1 atom stereocenters. The van der Waals surface area contributed by atoms with Crippen molar-refractivity contribution in [1.29, 1.82) is 0 Å². The third kappa shape index (κ3) is 0.730. The summed E-state index contributed by atoms with van der Waals surface area (Å²) in [4.78, 5) is 0. The highest BCUT2D eigenvalue weighted by Gasteiger charge is 2.41. The molecular weight excluding hydrogens is 114 g/mol. The lowest BCUT2D eigenvalue weighted by molar-refractivity contribution is 0.368. The zero-order chi connectivity index (χ0) is 6.32. The van der Waals surface area contributed by atoms with E-state index in [4.69, 9.17) is 5.73 Å². The van der Waals surface area contributed by atoms with Gasteiger partial charge >= 0.3 is 0 Å². The molecule has 3 nitrogen and oxygen atoms in total. The molecule has 2 rings (SSSR count). The number of hydrogen-bond acceptors (Lipinski definition) is 3. The quantitative estimate of drug-likeness (QED) is 0.450. The van der Waals surface area contributed by atoms with Crippen LogP contribution in [0.1, 0.15) is 12.8 Å². The van der Waals surface area contributed by atoms with Crippen LogP contribution in [0.15, 0.2) is 12.3 Å². The second-order valence-electron chi connectivity index (χ2n) is 2.81. The van der Waals surface area contributed by atoms with Crippen molar-refractivity contribution >= 4 is 0 Å². The van der Waals surface area contributed by atoms with Crippen molar-refractivity contribution in [2.75, 3.05) is 0 Å². The van der Waals surface area contributed by atoms with Crippen LogP contribution in [0.4, 0.5) is 0 Å². The van der Waals surface area contributed by atoms with Gasteiger partial charge in [-0.1, -0.05) is 0 Å². The Morgan fingerprint density at radius 3 is 2.78 bits per heavy atom. The maximum Gasteiger partial charge on any atom is 0.107 e. The molecule has 0 aromatic carbocycles. The van der Waals surface area contributed by atoms with E-state index in [2.05, 4.69) is 10.9 Å². The molecule has 0 saturated heterocycles. The highest BCUT2D eigenvalue weighted by Crippen LogP contribution is 2.37. The van der Waals surface area contributed by atoms with Crippen LogP contribution in [0.25, 0.3) is 0 Å². The fourth-order valence-corrected chi connectivity index (χ4v) is 1.19. The van der Waals surface area contributed by atoms with Gasteiger partial charge in [-0.3, -0.25) is 0 Å². The monoisotopic (exact) mass is 125 g/mol. The van der Waals surface area contributed by atoms with Crippen molar-refractivity contribution < 1.29 is 0 Å². The minimum absolute atomic E-state index is 0.236. The second kappa shape index (κ2) is 1.49. The van der Waals surface area contributed by atoms with Crippen LogP contribution in [-0.4, -0.2) is 5.66 Å². The molecule has 50 valence electrons. The smallest absolute Gasteiger partial charge is 0.107 e. The molecule has 2 aliphatic rings. The van der Waals surface area contributed by atoms with Crippen LogP contribution in [-0.2, 0) is 0 Å². The largest absolute Gasteiger partial charge is 0.327 e. The van der Waals surface area contributed by atoms with Crippen LogP contribution in [0, 0.1) is 5.92 Å². The minimum atomic E-state index is -0.236. The van der Waals surface area contributed by atoms with Crippen molar-refractivity contribution in [2.24, 2.45) is 11.7 Å². The highest BCUT2D eigenvalue weighted by atomic mass is 15.4. The Bertz CT molecular complexity index is 150. The fourth-order valence-electron chi connectivity index (χ4n) is 1.19. The van der Waals surface area contributed by atoms with E-state index in [1.165, 1.54) is 12.8 Å². The molecule has 0 aromatic rings. The Morgan fingerprint density at radius 1 is 1.56 bits per heavy atom. The normalized spacial score (nSPS) is 41.0. The maximum absolute atomic E-state index is 5.90. The lowest BCUT2D eigenvalue weighted by atomic mass is 10.1. The van der Waals surface area contributed by atoms with Gasteiger partial charge in [-0.15, -0.1) is 0 Å². The molecule has 1 saturated carbocycles. The van der Waals surface area contributed by atoms with E-state index in [0.717, 1.165) is 0 Å². The van der Waals surface area contributed by atoms with Crippen molar-refractivity contribution in [3.63, 3.8) is 0 Å². The summed E-state index contributed by atoms with van der Waals surface area (Å²) in [5, 5.41) is 0. The third-order valence-corrected chi connectivity index (χ3v) is 1.98. The minimum Gasteiger partial charge on any atom is -0.327 e. The number of hydrogen-bond donors (Lipinski definition) is 3. The molecule has 1 fully saturated rings. The van der Waals surface area contributed by atoms with E-state index in [1.807, 2.05) is 12.3 Å². The molecule has 0 spiro atoms. The average Bonchev–Trinajstić information content (AvgIpc) is 2.60. The zero-order valence-electron chi connectivity index (χ0n) is 5.22. The highest BCUT2D eigenvalue weighted by molar-refractivity contribution is 5.13. The maximum atomic E-state index is 5.90. The summed E-state index contributed by atoms with van der Waals surface area (Å²) in [5.74, 6) is 0.656. The standard InChI is InChI=1S/C6H11N3/c7-6(5-1-2-5)3-4-8-9-6/h3-5,8-9H,1-2,7H2. The Morgan fingerprint density at radius 2 is 2.33 bits per heavy atom. The first kappa shape index (κ1) is 5.26. The molecule has 9 heavy (non-hydrogen) atoms. The van der Waals surface area contributed by atoms with Gasteiger partial charge in [-0.05, 0) is 24.8 Å². The lowest BCUT2D eigenvalue weighted by Crippen LogP contribution is -2.53. The summed E-state index contributed by atoms with van der Waals surface area (Å²) >= 11 is 0. The van der Waals surface area contributed by atoms with Gasteiger partial charge < -0.3 is 11.2 Å². The van der Waals surface area contributed by atoms with Crippen LogP contribution in [0.2, 0.25) is 0 Å². The third-order valence-electron chi connectivity index (χ3n) is 1.98. The molecule has 4 N–H and O–H groups in total. The van der Waals surface area contributed by atoms with Gasteiger partial charge in [0.1, 0.15) is 5.66 Å². The van der Waals surface area contributed by atoms with E-state index in [-0.39, 0.29) is 5.66 Å². The van der Waals surface area contributed by atoms with Crippen molar-refractivity contribution in [2.45, 2.75) is 18.5 Å². The lowest BCUT2D eigenvalue weighted by Gasteiger charge is -2.20. The summed E-state index contributed by atoms with van der Waals surface area (Å²) in [6.07, 6.45) is 6.37. The van der Waals surface area contributed by atoms with E-state index >= 15 is 0 Å². The molecular formula is C6H11N3. The number of hydrazine groups is 1. The van der Waals surface area contributed by atoms with Gasteiger partial charge in [-0.25, -0.2) is 5.43 Å². The topological polar surface area (TPSA) is 50.1 Å². The Labute approximate surface area is 54.3 Å². The molecule has 3 heteroatoms. The van der Waals surface area contributed by atoms with Crippen LogP contribution in [0.3, 0.4) is 0 Å². The number of nitrogens with two attached hydrogens (primary N) is 1. The average molecular weight is 125 g/mol. The zero-order valence-corrected chi connectivity index (χ0v) is 5.22. The van der Waals surface area contributed by atoms with E-state index in [9.17, 15) is 0 Å². The van der Waals surface area contributed by atoms with Gasteiger partial charge in [0, 0.05) is 6.20 Å². The van der Waals surface area contributed by atoms with Gasteiger partial charge in [0.05, 0.1) is 0 Å². The van der Waals surface area contributed by atoms with Crippen molar-refractivity contribution in [3.05, 3.63) is 12.3 Å². The fraction of sp³-hybridized carbons (Fsp3) is 0.667. The van der Waals surface area contributed by atoms with Crippen LogP contribution < -0.4 is 16.6 Å². The summed E-state index contributed by atoms with van der Waals surface area (Å²) in [6.45, 7) is 0. The Kier molecular flexibility index (Phi) is 0.870. The first-order chi connectivity index (χ1) is 4.31. The van der Waals surface area contributed by atoms with Crippen molar-refractivity contribution in [1.82, 2.24) is 10.9 Å². The van der Waals surface area contributed by atoms with E-state index in [0.29, 0.717) is 5.92 Å². The van der Waals surface area contributed by atoms with E-state index < -0.39 is 0 Å². The van der Waals surface area contributed by atoms with Crippen LogP contribution in [0.5, 0.6) is 0 Å². The van der Waals surface area contributed by atoms with Crippen LogP contribution >= 0.6 is 0 Å². The van der Waals surface area contributed by atoms with Gasteiger partial charge in [0.25, 0.3) is 0 Å². The molecule has 1 unspecified atom stereocenters. The molecule has 1 heterocycles. The van der Waals surface area contributed by atoms with Crippen molar-refractivity contribution in [3.8, 4) is 0 Å². The Hall–Kier alpha value is -0.540. The predicted octanol–water partition coefficient (Wildman–Crippen LogP) is -0.327. The first-order valence-corrected chi connectivity index (χ1v) is 3.30. The van der Waals surface area contributed by atoms with Gasteiger partial charge in [0.15, 0.2) is 0 Å². The predicted molar refractivity (Wildman–Crippen MR) is 35.1 cm³/mol. The molecule has 1 aliphatic heterocycles. The molecule has 1 aliphatic carbocycles. The summed E-state index contributed by atoms with van der Waals surface area (Å²) in [6, 6.07) is 0. The number of rotatable bonds is 1. The van der Waals surface area contributed by atoms with E-state index in [1.54, 1.807) is 0 Å². The summed E-state index contributed by atoms with van der Waals surface area (Å²) in [7, 11) is 0. The molecule has 0 bridgehead atoms. The van der Waals surface area contributed by atoms with Gasteiger partial charge in [-0.2, -0.15) is 0 Å². The Balaban J connectivity index is 2.12. The summed E-state index contributed by atoms with van der Waals surface area (Å²) < 4.78 is 0. The number of nitrogens with one attached hydrogen (secondary N) is 2. The summed E-state index contributed by atoms with van der Waals surface area (Å²) in [5.41, 5.74) is 11.6. The molecule has 0 aromatic heterocycles. The SMILES string of the molecule is NC1(C2CC2)C=CNN1.